The van der Waals surface area contributed by atoms with Gasteiger partial charge < -0.3 is 10.1 Å². The molecular weight excluding hydrogens is 376 g/mol. The van der Waals surface area contributed by atoms with Gasteiger partial charge in [0.1, 0.15) is 6.07 Å². The minimum atomic E-state index is -1.01. The van der Waals surface area contributed by atoms with Crippen molar-refractivity contribution in [3.05, 3.63) is 101 Å². The number of amides is 1. The number of para-hydroxylation sites is 1. The zero-order chi connectivity index (χ0) is 21.3. The van der Waals surface area contributed by atoms with Crippen molar-refractivity contribution in [2.24, 2.45) is 0 Å². The second-order valence-corrected chi connectivity index (χ2v) is 6.84. The van der Waals surface area contributed by atoms with Crippen molar-refractivity contribution in [1.29, 1.82) is 5.26 Å². The minimum absolute atomic E-state index is 0.343. The molecule has 0 aliphatic rings. The van der Waals surface area contributed by atoms with Crippen LogP contribution in [0.15, 0.2) is 78.9 Å². The van der Waals surface area contributed by atoms with Crippen molar-refractivity contribution in [2.45, 2.75) is 25.9 Å². The molecular formula is C25H22N2O3. The Kier molecular flexibility index (Phi) is 6.96. The van der Waals surface area contributed by atoms with Gasteiger partial charge in [0.2, 0.25) is 0 Å². The van der Waals surface area contributed by atoms with Gasteiger partial charge in [-0.15, -0.1) is 0 Å². The van der Waals surface area contributed by atoms with E-state index in [4.69, 9.17) is 10.00 Å². The van der Waals surface area contributed by atoms with Gasteiger partial charge in [-0.05, 0) is 49.1 Å². The molecule has 30 heavy (non-hydrogen) atoms. The number of anilines is 1. The number of nitriles is 1. The molecule has 150 valence electrons. The smallest absolute Gasteiger partial charge is 0.339 e. The van der Waals surface area contributed by atoms with E-state index in [1.807, 2.05) is 48.5 Å². The summed E-state index contributed by atoms with van der Waals surface area (Å²) in [5.74, 6) is -1.04. The summed E-state index contributed by atoms with van der Waals surface area (Å²) in [7, 11) is 0. The summed E-state index contributed by atoms with van der Waals surface area (Å²) >= 11 is 0. The highest BCUT2D eigenvalue weighted by Gasteiger charge is 2.21. The molecule has 5 nitrogen and oxygen atoms in total. The van der Waals surface area contributed by atoms with Gasteiger partial charge >= 0.3 is 5.97 Å². The number of nitrogens with one attached hydrogen (secondary N) is 1. The first-order valence-corrected chi connectivity index (χ1v) is 9.71. The van der Waals surface area contributed by atoms with E-state index in [2.05, 4.69) is 5.32 Å². The Labute approximate surface area is 175 Å². The van der Waals surface area contributed by atoms with Gasteiger partial charge in [0.25, 0.3) is 5.91 Å². The van der Waals surface area contributed by atoms with Crippen LogP contribution in [0.25, 0.3) is 0 Å². The summed E-state index contributed by atoms with van der Waals surface area (Å²) in [5.41, 5.74) is 3.23. The average molecular weight is 398 g/mol. The molecule has 5 heteroatoms. The predicted octanol–water partition coefficient (Wildman–Crippen LogP) is 4.53. The number of aryl methyl sites for hydroxylation is 2. The molecule has 0 aromatic heterocycles. The van der Waals surface area contributed by atoms with Crippen molar-refractivity contribution < 1.29 is 14.3 Å². The largest absolute Gasteiger partial charge is 0.449 e. The van der Waals surface area contributed by atoms with Crippen LogP contribution in [0.4, 0.5) is 5.69 Å². The van der Waals surface area contributed by atoms with Crippen molar-refractivity contribution in [1.82, 2.24) is 0 Å². The summed E-state index contributed by atoms with van der Waals surface area (Å²) in [4.78, 5) is 25.2. The molecule has 0 aliphatic heterocycles. The van der Waals surface area contributed by atoms with Gasteiger partial charge in [-0.25, -0.2) is 4.79 Å². The standard InChI is InChI=1S/C25H22N2O3/c1-18(24(28)27-23-14-8-6-12-21(23)17-26)30-25(29)22-13-7-5-11-20(22)16-15-19-9-3-2-4-10-19/h2-14,18H,15-16H2,1H3,(H,27,28)/t18-/m1/s1. The van der Waals surface area contributed by atoms with Crippen molar-refractivity contribution in [3.8, 4) is 6.07 Å². The molecule has 0 fully saturated rings. The number of esters is 1. The third-order valence-electron chi connectivity index (χ3n) is 4.72. The Morgan fingerprint density at radius 1 is 0.933 bits per heavy atom. The third kappa shape index (κ3) is 5.33. The highest BCUT2D eigenvalue weighted by molar-refractivity contribution is 5.98. The summed E-state index contributed by atoms with van der Waals surface area (Å²) < 4.78 is 5.40. The van der Waals surface area contributed by atoms with Gasteiger partial charge in [-0.2, -0.15) is 5.26 Å². The maximum atomic E-state index is 12.7. The molecule has 0 saturated heterocycles. The van der Waals surface area contributed by atoms with E-state index in [0.29, 0.717) is 23.2 Å². The highest BCUT2D eigenvalue weighted by atomic mass is 16.5. The summed E-state index contributed by atoms with van der Waals surface area (Å²) in [6, 6.07) is 26.0. The van der Waals surface area contributed by atoms with Gasteiger partial charge in [0.15, 0.2) is 6.10 Å². The Morgan fingerprint density at radius 2 is 1.60 bits per heavy atom. The second-order valence-electron chi connectivity index (χ2n) is 6.84. The zero-order valence-electron chi connectivity index (χ0n) is 16.7. The lowest BCUT2D eigenvalue weighted by atomic mass is 10.00. The van der Waals surface area contributed by atoms with Crippen molar-refractivity contribution in [2.75, 3.05) is 5.32 Å². The highest BCUT2D eigenvalue weighted by Crippen LogP contribution is 2.17. The fraction of sp³-hybridized carbons (Fsp3) is 0.160. The van der Waals surface area contributed by atoms with Crippen molar-refractivity contribution in [3.63, 3.8) is 0 Å². The van der Waals surface area contributed by atoms with E-state index in [1.54, 1.807) is 36.4 Å². The molecule has 0 bridgehead atoms. The second kappa shape index (κ2) is 10.0. The molecule has 3 aromatic rings. The first-order chi connectivity index (χ1) is 14.6. The first kappa shape index (κ1) is 20.8. The Morgan fingerprint density at radius 3 is 2.37 bits per heavy atom. The molecule has 1 atom stereocenters. The quantitative estimate of drug-likeness (QED) is 0.593. The summed E-state index contributed by atoms with van der Waals surface area (Å²) in [6.07, 6.45) is 0.476. The maximum Gasteiger partial charge on any atom is 0.339 e. The average Bonchev–Trinajstić information content (AvgIpc) is 2.78. The number of ether oxygens (including phenoxy) is 1. The predicted molar refractivity (Wildman–Crippen MR) is 115 cm³/mol. The maximum absolute atomic E-state index is 12.7. The first-order valence-electron chi connectivity index (χ1n) is 9.71. The molecule has 3 aromatic carbocycles. The monoisotopic (exact) mass is 398 g/mol. The van der Waals surface area contributed by atoms with Gasteiger partial charge in [0.05, 0.1) is 16.8 Å². The number of hydrogen-bond donors (Lipinski definition) is 1. The molecule has 0 aliphatic carbocycles. The van der Waals surface area contributed by atoms with E-state index in [-0.39, 0.29) is 0 Å². The van der Waals surface area contributed by atoms with Crippen LogP contribution < -0.4 is 5.32 Å². The van der Waals surface area contributed by atoms with Crippen LogP contribution in [0.3, 0.4) is 0 Å². The van der Waals surface area contributed by atoms with Crippen LogP contribution in [-0.2, 0) is 22.4 Å². The van der Waals surface area contributed by atoms with Crippen LogP contribution in [0.5, 0.6) is 0 Å². The lowest BCUT2D eigenvalue weighted by Crippen LogP contribution is -2.30. The van der Waals surface area contributed by atoms with E-state index < -0.39 is 18.0 Å². The Hall–Kier alpha value is -3.91. The topological polar surface area (TPSA) is 79.2 Å². The fourth-order valence-electron chi connectivity index (χ4n) is 3.06. The number of carbonyl (C=O) groups excluding carboxylic acids is 2. The van der Waals surface area contributed by atoms with E-state index in [9.17, 15) is 9.59 Å². The van der Waals surface area contributed by atoms with Crippen molar-refractivity contribution >= 4 is 17.6 Å². The lowest BCUT2D eigenvalue weighted by Gasteiger charge is -2.15. The number of benzene rings is 3. The number of carbonyl (C=O) groups is 2. The Bertz CT molecular complexity index is 1070. The van der Waals surface area contributed by atoms with Crippen LogP contribution in [0.1, 0.15) is 34.0 Å². The molecule has 0 unspecified atom stereocenters. The van der Waals surface area contributed by atoms with E-state index in [0.717, 1.165) is 12.0 Å². The summed E-state index contributed by atoms with van der Waals surface area (Å²) in [6.45, 7) is 1.51. The minimum Gasteiger partial charge on any atom is -0.449 e. The number of nitrogens with zero attached hydrogens (tertiary/aromatic N) is 1. The molecule has 1 N–H and O–H groups in total. The lowest BCUT2D eigenvalue weighted by molar-refractivity contribution is -0.123. The normalized spacial score (nSPS) is 11.2. The molecule has 1 amide bonds. The fourth-order valence-corrected chi connectivity index (χ4v) is 3.06. The van der Waals surface area contributed by atoms with Gasteiger partial charge in [0, 0.05) is 0 Å². The summed E-state index contributed by atoms with van der Waals surface area (Å²) in [5, 5.41) is 11.8. The van der Waals surface area contributed by atoms with E-state index >= 15 is 0 Å². The Balaban J connectivity index is 1.65. The number of rotatable bonds is 7. The van der Waals surface area contributed by atoms with Crippen LogP contribution in [0.2, 0.25) is 0 Å². The van der Waals surface area contributed by atoms with Gasteiger partial charge in [-0.3, -0.25) is 4.79 Å². The third-order valence-corrected chi connectivity index (χ3v) is 4.72. The molecule has 0 radical (unpaired) electrons. The van der Waals surface area contributed by atoms with Crippen LogP contribution in [-0.4, -0.2) is 18.0 Å². The van der Waals surface area contributed by atoms with Gasteiger partial charge in [-0.1, -0.05) is 60.7 Å². The molecule has 0 spiro atoms. The molecule has 0 heterocycles. The molecule has 0 saturated carbocycles. The van der Waals surface area contributed by atoms with E-state index in [1.165, 1.54) is 12.5 Å². The van der Waals surface area contributed by atoms with Crippen LogP contribution in [0, 0.1) is 11.3 Å². The zero-order valence-corrected chi connectivity index (χ0v) is 16.7. The SMILES string of the molecule is C[C@@H](OC(=O)c1ccccc1CCc1ccccc1)C(=O)Nc1ccccc1C#N. The molecule has 3 rings (SSSR count). The van der Waals surface area contributed by atoms with Crippen LogP contribution >= 0.6 is 0 Å². The number of hydrogen-bond acceptors (Lipinski definition) is 4.